The third-order valence-corrected chi connectivity index (χ3v) is 3.41. The fraction of sp³-hybridized carbons (Fsp3) is 0.333. The van der Waals surface area contributed by atoms with Crippen molar-refractivity contribution in [2.45, 2.75) is 19.9 Å². The standard InChI is InChI=1S/C9H11BrN4S/c1-5(2)14-8(6(10)3-13-14)7-4-12-9(11)15-7/h3-5H,1-2H3,(H2,11,12). The molecule has 0 spiro atoms. The lowest BCUT2D eigenvalue weighted by Crippen LogP contribution is -2.03. The summed E-state index contributed by atoms with van der Waals surface area (Å²) in [5.74, 6) is 0. The highest BCUT2D eigenvalue weighted by Gasteiger charge is 2.15. The van der Waals surface area contributed by atoms with E-state index < -0.39 is 0 Å². The van der Waals surface area contributed by atoms with E-state index >= 15 is 0 Å². The van der Waals surface area contributed by atoms with Gasteiger partial charge in [-0.3, -0.25) is 4.68 Å². The summed E-state index contributed by atoms with van der Waals surface area (Å²) in [6.45, 7) is 4.18. The van der Waals surface area contributed by atoms with Gasteiger partial charge in [-0.25, -0.2) is 4.98 Å². The van der Waals surface area contributed by atoms with Crippen molar-refractivity contribution in [2.75, 3.05) is 5.73 Å². The van der Waals surface area contributed by atoms with Crippen molar-refractivity contribution in [3.05, 3.63) is 16.9 Å². The topological polar surface area (TPSA) is 56.7 Å². The van der Waals surface area contributed by atoms with Gasteiger partial charge in [-0.05, 0) is 29.8 Å². The third kappa shape index (κ3) is 1.91. The summed E-state index contributed by atoms with van der Waals surface area (Å²) in [6, 6.07) is 0.314. The van der Waals surface area contributed by atoms with E-state index in [4.69, 9.17) is 5.73 Å². The Labute approximate surface area is 100 Å². The third-order valence-electron chi connectivity index (χ3n) is 2.00. The molecule has 4 nitrogen and oxygen atoms in total. The number of halogens is 1. The van der Waals surface area contributed by atoms with Gasteiger partial charge in [0.05, 0.1) is 21.2 Å². The van der Waals surface area contributed by atoms with Crippen molar-refractivity contribution in [2.24, 2.45) is 0 Å². The minimum atomic E-state index is 0.314. The molecule has 0 unspecified atom stereocenters. The molecule has 0 saturated heterocycles. The monoisotopic (exact) mass is 286 g/mol. The number of hydrogen-bond acceptors (Lipinski definition) is 4. The molecular weight excluding hydrogens is 276 g/mol. The summed E-state index contributed by atoms with van der Waals surface area (Å²) in [4.78, 5) is 5.08. The summed E-state index contributed by atoms with van der Waals surface area (Å²) in [5.41, 5.74) is 6.66. The Morgan fingerprint density at radius 2 is 2.20 bits per heavy atom. The van der Waals surface area contributed by atoms with Gasteiger partial charge in [0, 0.05) is 12.2 Å². The van der Waals surface area contributed by atoms with Gasteiger partial charge in [-0.15, -0.1) is 0 Å². The lowest BCUT2D eigenvalue weighted by Gasteiger charge is -2.09. The summed E-state index contributed by atoms with van der Waals surface area (Å²) >= 11 is 4.95. The first-order valence-electron chi connectivity index (χ1n) is 4.54. The average Bonchev–Trinajstić information content (AvgIpc) is 2.71. The van der Waals surface area contributed by atoms with E-state index in [9.17, 15) is 0 Å². The van der Waals surface area contributed by atoms with Crippen LogP contribution < -0.4 is 5.73 Å². The van der Waals surface area contributed by atoms with Crippen molar-refractivity contribution >= 4 is 32.4 Å². The Kier molecular flexibility index (Phi) is 2.79. The molecule has 15 heavy (non-hydrogen) atoms. The fourth-order valence-corrected chi connectivity index (χ4v) is 2.71. The predicted octanol–water partition coefficient (Wildman–Crippen LogP) is 2.93. The second-order valence-electron chi connectivity index (χ2n) is 3.44. The van der Waals surface area contributed by atoms with Crippen molar-refractivity contribution in [3.63, 3.8) is 0 Å². The molecule has 0 saturated carbocycles. The fourth-order valence-electron chi connectivity index (χ4n) is 1.36. The van der Waals surface area contributed by atoms with Crippen LogP contribution in [-0.2, 0) is 0 Å². The van der Waals surface area contributed by atoms with Crippen molar-refractivity contribution in [3.8, 4) is 10.6 Å². The number of nitrogens with zero attached hydrogens (tertiary/aromatic N) is 3. The van der Waals surface area contributed by atoms with E-state index in [-0.39, 0.29) is 0 Å². The van der Waals surface area contributed by atoms with E-state index in [1.165, 1.54) is 11.3 Å². The van der Waals surface area contributed by atoms with Gasteiger partial charge in [0.2, 0.25) is 0 Å². The van der Waals surface area contributed by atoms with Crippen molar-refractivity contribution < 1.29 is 0 Å². The molecule has 0 fully saturated rings. The lowest BCUT2D eigenvalue weighted by atomic mass is 10.3. The van der Waals surface area contributed by atoms with Gasteiger partial charge < -0.3 is 5.73 Å². The highest BCUT2D eigenvalue weighted by molar-refractivity contribution is 9.10. The smallest absolute Gasteiger partial charge is 0.180 e. The van der Waals surface area contributed by atoms with Crippen LogP contribution >= 0.6 is 27.3 Å². The molecule has 2 aromatic heterocycles. The van der Waals surface area contributed by atoms with E-state index in [0.717, 1.165) is 15.0 Å². The Hall–Kier alpha value is -0.880. The maximum atomic E-state index is 5.62. The number of thiazole rings is 1. The van der Waals surface area contributed by atoms with Crippen LogP contribution in [0.5, 0.6) is 0 Å². The van der Waals surface area contributed by atoms with E-state index in [1.54, 1.807) is 12.4 Å². The zero-order valence-electron chi connectivity index (χ0n) is 8.44. The van der Waals surface area contributed by atoms with Crippen molar-refractivity contribution in [1.29, 1.82) is 0 Å². The molecule has 2 aromatic rings. The van der Waals surface area contributed by atoms with Crippen LogP contribution in [0, 0.1) is 0 Å². The Morgan fingerprint density at radius 3 is 2.73 bits per heavy atom. The molecule has 80 valence electrons. The van der Waals surface area contributed by atoms with Crippen LogP contribution in [0.25, 0.3) is 10.6 Å². The van der Waals surface area contributed by atoms with Crippen LogP contribution in [-0.4, -0.2) is 14.8 Å². The number of rotatable bonds is 2. The van der Waals surface area contributed by atoms with Gasteiger partial charge in [-0.2, -0.15) is 5.10 Å². The first-order valence-corrected chi connectivity index (χ1v) is 6.15. The number of nitrogens with two attached hydrogens (primary N) is 1. The van der Waals surface area contributed by atoms with Gasteiger partial charge >= 0.3 is 0 Å². The largest absolute Gasteiger partial charge is 0.375 e. The lowest BCUT2D eigenvalue weighted by molar-refractivity contribution is 0.539. The van der Waals surface area contributed by atoms with Crippen molar-refractivity contribution in [1.82, 2.24) is 14.8 Å². The Morgan fingerprint density at radius 1 is 1.47 bits per heavy atom. The molecule has 6 heteroatoms. The molecule has 0 aliphatic heterocycles. The van der Waals surface area contributed by atoms with Crippen LogP contribution in [0.1, 0.15) is 19.9 Å². The molecule has 0 bridgehead atoms. The van der Waals surface area contributed by atoms with Gasteiger partial charge in [0.1, 0.15) is 0 Å². The highest BCUT2D eigenvalue weighted by atomic mass is 79.9. The van der Waals surface area contributed by atoms with Crippen LogP contribution in [0.2, 0.25) is 0 Å². The number of aromatic nitrogens is 3. The summed E-state index contributed by atoms with van der Waals surface area (Å²) in [6.07, 6.45) is 3.58. The zero-order chi connectivity index (χ0) is 11.0. The second kappa shape index (κ2) is 3.94. The van der Waals surface area contributed by atoms with Gasteiger partial charge in [0.25, 0.3) is 0 Å². The highest BCUT2D eigenvalue weighted by Crippen LogP contribution is 2.34. The van der Waals surface area contributed by atoms with Gasteiger partial charge in [0.15, 0.2) is 5.13 Å². The molecule has 0 aliphatic rings. The molecule has 0 radical (unpaired) electrons. The first-order chi connectivity index (χ1) is 7.09. The van der Waals surface area contributed by atoms with Crippen LogP contribution in [0.3, 0.4) is 0 Å². The first kappa shape index (κ1) is 10.6. The van der Waals surface area contributed by atoms with E-state index in [2.05, 4.69) is 39.9 Å². The molecular formula is C9H11BrN4S. The van der Waals surface area contributed by atoms with Crippen LogP contribution in [0.4, 0.5) is 5.13 Å². The molecule has 0 aromatic carbocycles. The zero-order valence-corrected chi connectivity index (χ0v) is 10.8. The summed E-state index contributed by atoms with van der Waals surface area (Å²) in [7, 11) is 0. The molecule has 2 N–H and O–H groups in total. The number of hydrogen-bond donors (Lipinski definition) is 1. The minimum Gasteiger partial charge on any atom is -0.375 e. The molecule has 2 heterocycles. The minimum absolute atomic E-state index is 0.314. The SMILES string of the molecule is CC(C)n1ncc(Br)c1-c1cnc(N)s1. The van der Waals surface area contributed by atoms with Crippen LogP contribution in [0.15, 0.2) is 16.9 Å². The summed E-state index contributed by atoms with van der Waals surface area (Å²) < 4.78 is 2.93. The Balaban J connectivity index is 2.55. The number of anilines is 1. The maximum absolute atomic E-state index is 5.62. The summed E-state index contributed by atoms with van der Waals surface area (Å²) in [5, 5.41) is 4.89. The average molecular weight is 287 g/mol. The molecule has 0 aliphatic carbocycles. The molecule has 2 rings (SSSR count). The van der Waals surface area contributed by atoms with Gasteiger partial charge in [-0.1, -0.05) is 11.3 Å². The molecule has 0 amide bonds. The van der Waals surface area contributed by atoms with E-state index in [1.807, 2.05) is 4.68 Å². The Bertz CT molecular complexity index is 474. The molecule has 0 atom stereocenters. The van der Waals surface area contributed by atoms with E-state index in [0.29, 0.717) is 11.2 Å². The number of nitrogen functional groups attached to an aromatic ring is 1. The maximum Gasteiger partial charge on any atom is 0.180 e. The quantitative estimate of drug-likeness (QED) is 0.924. The normalized spacial score (nSPS) is 11.2. The second-order valence-corrected chi connectivity index (χ2v) is 5.36. The predicted molar refractivity (Wildman–Crippen MR) is 65.8 cm³/mol.